The summed E-state index contributed by atoms with van der Waals surface area (Å²) in [5, 5.41) is 0. The molecule has 0 N–H and O–H groups in total. The summed E-state index contributed by atoms with van der Waals surface area (Å²) in [6.45, 7) is 14.7. The van der Waals surface area contributed by atoms with Crippen molar-refractivity contribution in [1.29, 1.82) is 0 Å². The molecule has 1 nitrogen and oxygen atoms in total. The molecule has 1 aliphatic carbocycles. The Labute approximate surface area is 95.2 Å². The molecule has 88 valence electrons. The molecule has 1 heteroatoms. The van der Waals surface area contributed by atoms with Crippen LogP contribution in [-0.2, 0) is 0 Å². The van der Waals surface area contributed by atoms with Crippen LogP contribution in [0, 0.1) is 16.7 Å². The third kappa shape index (κ3) is 1.25. The van der Waals surface area contributed by atoms with Crippen LogP contribution in [-0.4, -0.2) is 23.5 Å². The van der Waals surface area contributed by atoms with Crippen LogP contribution in [0.5, 0.6) is 0 Å². The van der Waals surface area contributed by atoms with Crippen molar-refractivity contribution in [2.24, 2.45) is 16.7 Å². The van der Waals surface area contributed by atoms with E-state index >= 15 is 0 Å². The SMILES string of the molecule is CC1N(C)C2(C)CC1(C)CC(C)(C)C2C. The predicted molar refractivity (Wildman–Crippen MR) is 65.9 cm³/mol. The molecule has 15 heavy (non-hydrogen) atoms. The van der Waals surface area contributed by atoms with E-state index in [1.54, 1.807) is 0 Å². The molecule has 0 aromatic heterocycles. The lowest BCUT2D eigenvalue weighted by molar-refractivity contribution is 0.00232. The smallest absolute Gasteiger partial charge is 0.0217 e. The van der Waals surface area contributed by atoms with Gasteiger partial charge in [-0.25, -0.2) is 0 Å². The number of hydrogen-bond acceptors (Lipinski definition) is 1. The van der Waals surface area contributed by atoms with Crippen molar-refractivity contribution < 1.29 is 0 Å². The second kappa shape index (κ2) is 2.80. The van der Waals surface area contributed by atoms with Crippen LogP contribution in [0.2, 0.25) is 0 Å². The maximum Gasteiger partial charge on any atom is 0.0217 e. The molecule has 1 saturated carbocycles. The molecule has 2 aliphatic rings. The van der Waals surface area contributed by atoms with E-state index in [-0.39, 0.29) is 0 Å². The molecule has 0 aromatic rings. The van der Waals surface area contributed by atoms with E-state index in [2.05, 4.69) is 53.5 Å². The van der Waals surface area contributed by atoms with E-state index in [9.17, 15) is 0 Å². The lowest BCUT2D eigenvalue weighted by Crippen LogP contribution is -2.51. The molecule has 1 heterocycles. The van der Waals surface area contributed by atoms with Crippen molar-refractivity contribution in [2.45, 2.75) is 66.0 Å². The van der Waals surface area contributed by atoms with Crippen molar-refractivity contribution in [1.82, 2.24) is 4.90 Å². The average molecular weight is 209 g/mol. The minimum Gasteiger partial charge on any atom is -0.297 e. The van der Waals surface area contributed by atoms with Gasteiger partial charge in [-0.1, -0.05) is 27.7 Å². The van der Waals surface area contributed by atoms with Gasteiger partial charge < -0.3 is 0 Å². The zero-order chi connectivity index (χ0) is 11.6. The largest absolute Gasteiger partial charge is 0.297 e. The predicted octanol–water partition coefficient (Wildman–Crippen LogP) is 3.54. The third-order valence-corrected chi connectivity index (χ3v) is 6.12. The maximum absolute atomic E-state index is 2.65. The molecule has 0 aromatic carbocycles. The summed E-state index contributed by atoms with van der Waals surface area (Å²) < 4.78 is 0. The van der Waals surface area contributed by atoms with Gasteiger partial charge in [0.2, 0.25) is 0 Å². The summed E-state index contributed by atoms with van der Waals surface area (Å²) in [6.07, 6.45) is 2.75. The molecule has 4 unspecified atom stereocenters. The van der Waals surface area contributed by atoms with Gasteiger partial charge in [-0.15, -0.1) is 0 Å². The van der Waals surface area contributed by atoms with Crippen LogP contribution in [0.25, 0.3) is 0 Å². The number of hydrogen-bond donors (Lipinski definition) is 0. The normalized spacial score (nSPS) is 54.6. The zero-order valence-electron chi connectivity index (χ0n) is 11.5. The first-order valence-electron chi connectivity index (χ1n) is 6.36. The highest BCUT2D eigenvalue weighted by Crippen LogP contribution is 2.62. The standard InChI is InChI=1S/C14H27N/c1-10-12(3,4)8-13(5)9-14(10,6)15(7)11(13)2/h10-11H,8-9H2,1-7H3. The van der Waals surface area contributed by atoms with Gasteiger partial charge in [-0.05, 0) is 50.5 Å². The Morgan fingerprint density at radius 3 is 2.07 bits per heavy atom. The summed E-state index contributed by atoms with van der Waals surface area (Å²) >= 11 is 0. The van der Waals surface area contributed by atoms with Gasteiger partial charge in [-0.2, -0.15) is 0 Å². The molecular formula is C14H27N. The van der Waals surface area contributed by atoms with E-state index in [4.69, 9.17) is 0 Å². The van der Waals surface area contributed by atoms with Crippen LogP contribution in [0.4, 0.5) is 0 Å². The molecule has 2 bridgehead atoms. The summed E-state index contributed by atoms with van der Waals surface area (Å²) in [5.41, 5.74) is 1.43. The second-order valence-corrected chi connectivity index (χ2v) is 7.36. The molecule has 0 spiro atoms. The van der Waals surface area contributed by atoms with Crippen molar-refractivity contribution in [2.75, 3.05) is 7.05 Å². The van der Waals surface area contributed by atoms with Gasteiger partial charge in [0, 0.05) is 11.6 Å². The molecule has 2 fully saturated rings. The Morgan fingerprint density at radius 1 is 1.00 bits per heavy atom. The summed E-state index contributed by atoms with van der Waals surface area (Å²) in [6, 6.07) is 0.728. The minimum absolute atomic E-state index is 0.413. The highest BCUT2D eigenvalue weighted by atomic mass is 15.3. The monoisotopic (exact) mass is 209 g/mol. The van der Waals surface area contributed by atoms with E-state index in [1.807, 2.05) is 0 Å². The van der Waals surface area contributed by atoms with Gasteiger partial charge >= 0.3 is 0 Å². The molecule has 0 radical (unpaired) electrons. The lowest BCUT2D eigenvalue weighted by Gasteiger charge is -2.51. The maximum atomic E-state index is 2.65. The Hall–Kier alpha value is -0.0400. The van der Waals surface area contributed by atoms with Gasteiger partial charge in [0.25, 0.3) is 0 Å². The van der Waals surface area contributed by atoms with Crippen LogP contribution in [0.15, 0.2) is 0 Å². The first kappa shape index (κ1) is 11.4. The first-order valence-corrected chi connectivity index (χ1v) is 6.36. The number of fused-ring (bicyclic) bond motifs is 2. The van der Waals surface area contributed by atoms with Gasteiger partial charge in [0.1, 0.15) is 0 Å². The highest BCUT2D eigenvalue weighted by Gasteiger charge is 2.61. The summed E-state index contributed by atoms with van der Waals surface area (Å²) in [4.78, 5) is 2.65. The highest BCUT2D eigenvalue weighted by molar-refractivity contribution is 5.15. The molecule has 2 rings (SSSR count). The minimum atomic E-state index is 0.413. The zero-order valence-corrected chi connectivity index (χ0v) is 11.5. The number of likely N-dealkylation sites (tertiary alicyclic amines) is 1. The molecule has 1 aliphatic heterocycles. The van der Waals surface area contributed by atoms with Crippen LogP contribution >= 0.6 is 0 Å². The molecule has 1 saturated heterocycles. The van der Waals surface area contributed by atoms with Gasteiger partial charge in [-0.3, -0.25) is 4.90 Å². The van der Waals surface area contributed by atoms with Crippen molar-refractivity contribution in [3.05, 3.63) is 0 Å². The van der Waals surface area contributed by atoms with Gasteiger partial charge in [0.15, 0.2) is 0 Å². The van der Waals surface area contributed by atoms with E-state index in [0.717, 1.165) is 12.0 Å². The fourth-order valence-corrected chi connectivity index (χ4v) is 4.70. The molecule has 4 atom stereocenters. The number of rotatable bonds is 0. The first-order chi connectivity index (χ1) is 6.63. The topological polar surface area (TPSA) is 3.24 Å². The summed E-state index contributed by atoms with van der Waals surface area (Å²) in [5.74, 6) is 0.785. The quantitative estimate of drug-likeness (QED) is 0.590. The van der Waals surface area contributed by atoms with Crippen molar-refractivity contribution in [3.8, 4) is 0 Å². The van der Waals surface area contributed by atoms with Crippen molar-refractivity contribution >= 4 is 0 Å². The van der Waals surface area contributed by atoms with Crippen LogP contribution < -0.4 is 0 Å². The van der Waals surface area contributed by atoms with Crippen LogP contribution in [0.3, 0.4) is 0 Å². The lowest BCUT2D eigenvalue weighted by atomic mass is 9.55. The van der Waals surface area contributed by atoms with E-state index in [1.165, 1.54) is 12.8 Å². The molecule has 0 amide bonds. The summed E-state index contributed by atoms with van der Waals surface area (Å²) in [7, 11) is 2.33. The van der Waals surface area contributed by atoms with E-state index in [0.29, 0.717) is 16.4 Å². The Balaban J connectivity index is 2.47. The van der Waals surface area contributed by atoms with E-state index < -0.39 is 0 Å². The van der Waals surface area contributed by atoms with Crippen LogP contribution in [0.1, 0.15) is 54.4 Å². The fraction of sp³-hybridized carbons (Fsp3) is 1.00. The van der Waals surface area contributed by atoms with Crippen molar-refractivity contribution in [3.63, 3.8) is 0 Å². The second-order valence-electron chi connectivity index (χ2n) is 7.36. The van der Waals surface area contributed by atoms with Gasteiger partial charge in [0.05, 0.1) is 0 Å². The molecular weight excluding hydrogens is 182 g/mol. The average Bonchev–Trinajstić information content (AvgIpc) is 2.24. The third-order valence-electron chi connectivity index (χ3n) is 6.12. The Morgan fingerprint density at radius 2 is 1.53 bits per heavy atom. The Kier molecular flexibility index (Phi) is 2.13. The number of nitrogens with zero attached hydrogens (tertiary/aromatic N) is 1. The fourth-order valence-electron chi connectivity index (χ4n) is 4.70. The Bertz CT molecular complexity index is 279.